The summed E-state index contributed by atoms with van der Waals surface area (Å²) < 4.78 is 0. The van der Waals surface area contributed by atoms with Crippen LogP contribution < -0.4 is 10.6 Å². The molecule has 0 aliphatic heterocycles. The molecule has 2 aromatic carbocycles. The molecule has 1 heterocycles. The first-order valence-corrected chi connectivity index (χ1v) is 9.97. The Bertz CT molecular complexity index is 1010. The summed E-state index contributed by atoms with van der Waals surface area (Å²) in [6.07, 6.45) is 0. The number of rotatable bonds is 5. The minimum atomic E-state index is -0.336. The lowest BCUT2D eigenvalue weighted by Gasteiger charge is -2.11. The standard InChI is InChI=1S/C22H23N3O2S/c1-13(2)15-8-10-16(11-9-15)22-25-18(12-28-22)20(26)24-17-7-5-6-14(3)19(17)21(27)23-4/h5-13H,1-4H3,(H,23,27)(H,24,26). The normalized spacial score (nSPS) is 10.8. The maximum absolute atomic E-state index is 12.7. The van der Waals surface area contributed by atoms with Crippen molar-refractivity contribution < 1.29 is 9.59 Å². The van der Waals surface area contributed by atoms with Gasteiger partial charge < -0.3 is 10.6 Å². The van der Waals surface area contributed by atoms with Crippen LogP contribution in [-0.2, 0) is 0 Å². The molecule has 0 saturated heterocycles. The number of nitrogens with zero attached hydrogens (tertiary/aromatic N) is 1. The number of benzene rings is 2. The van der Waals surface area contributed by atoms with E-state index in [9.17, 15) is 9.59 Å². The fraction of sp³-hybridized carbons (Fsp3) is 0.227. The van der Waals surface area contributed by atoms with Gasteiger partial charge in [-0.1, -0.05) is 50.2 Å². The van der Waals surface area contributed by atoms with Gasteiger partial charge in [-0.05, 0) is 30.0 Å². The molecule has 5 nitrogen and oxygen atoms in total. The number of carbonyl (C=O) groups excluding carboxylic acids is 2. The lowest BCUT2D eigenvalue weighted by Crippen LogP contribution is -2.22. The summed E-state index contributed by atoms with van der Waals surface area (Å²) in [7, 11) is 1.57. The van der Waals surface area contributed by atoms with Crippen LogP contribution in [0.1, 0.15) is 51.7 Å². The van der Waals surface area contributed by atoms with Gasteiger partial charge in [0.2, 0.25) is 0 Å². The van der Waals surface area contributed by atoms with Crippen LogP contribution >= 0.6 is 11.3 Å². The minimum Gasteiger partial charge on any atom is -0.355 e. The van der Waals surface area contributed by atoms with Gasteiger partial charge in [0.25, 0.3) is 11.8 Å². The molecule has 1 aromatic heterocycles. The third-order valence-electron chi connectivity index (χ3n) is 4.54. The highest BCUT2D eigenvalue weighted by Gasteiger charge is 2.17. The van der Waals surface area contributed by atoms with Gasteiger partial charge >= 0.3 is 0 Å². The zero-order valence-electron chi connectivity index (χ0n) is 16.4. The van der Waals surface area contributed by atoms with Crippen LogP contribution in [0, 0.1) is 6.92 Å². The van der Waals surface area contributed by atoms with E-state index < -0.39 is 0 Å². The van der Waals surface area contributed by atoms with E-state index in [0.29, 0.717) is 22.9 Å². The molecule has 0 saturated carbocycles. The number of hydrogen-bond acceptors (Lipinski definition) is 4. The van der Waals surface area contributed by atoms with Gasteiger partial charge in [0, 0.05) is 18.0 Å². The Morgan fingerprint density at radius 2 is 1.75 bits per heavy atom. The SMILES string of the molecule is CNC(=O)c1c(C)cccc1NC(=O)c1csc(-c2ccc(C(C)C)cc2)n1. The quantitative estimate of drug-likeness (QED) is 0.651. The Balaban J connectivity index is 1.82. The molecule has 6 heteroatoms. The maximum atomic E-state index is 12.7. The molecule has 2 amide bonds. The molecule has 0 atom stereocenters. The van der Waals surface area contributed by atoms with Crippen molar-refractivity contribution in [2.24, 2.45) is 0 Å². The summed E-state index contributed by atoms with van der Waals surface area (Å²) in [5, 5.41) is 7.95. The third kappa shape index (κ3) is 4.12. The van der Waals surface area contributed by atoms with Crippen LogP contribution in [0.3, 0.4) is 0 Å². The Kier molecular flexibility index (Phi) is 5.90. The van der Waals surface area contributed by atoms with Crippen LogP contribution in [0.4, 0.5) is 5.69 Å². The van der Waals surface area contributed by atoms with E-state index in [-0.39, 0.29) is 11.8 Å². The highest BCUT2D eigenvalue weighted by Crippen LogP contribution is 2.27. The van der Waals surface area contributed by atoms with E-state index in [1.54, 1.807) is 24.6 Å². The molecule has 0 bridgehead atoms. The van der Waals surface area contributed by atoms with Crippen molar-refractivity contribution in [2.75, 3.05) is 12.4 Å². The summed E-state index contributed by atoms with van der Waals surface area (Å²) in [5.41, 5.74) is 4.30. The van der Waals surface area contributed by atoms with Gasteiger partial charge in [-0.2, -0.15) is 0 Å². The predicted octanol–water partition coefficient (Wildman–Crippen LogP) is 4.85. The van der Waals surface area contributed by atoms with E-state index >= 15 is 0 Å². The Labute approximate surface area is 168 Å². The molecular formula is C22H23N3O2S. The Morgan fingerprint density at radius 3 is 2.39 bits per heavy atom. The molecule has 3 rings (SSSR count). The number of aromatic nitrogens is 1. The Morgan fingerprint density at radius 1 is 1.04 bits per heavy atom. The fourth-order valence-electron chi connectivity index (χ4n) is 2.91. The summed E-state index contributed by atoms with van der Waals surface area (Å²) in [6.45, 7) is 6.14. The van der Waals surface area contributed by atoms with E-state index in [2.05, 4.69) is 41.6 Å². The van der Waals surface area contributed by atoms with Crippen molar-refractivity contribution in [3.8, 4) is 10.6 Å². The average Bonchev–Trinajstić information content (AvgIpc) is 3.18. The lowest BCUT2D eigenvalue weighted by molar-refractivity contribution is 0.0963. The summed E-state index contributed by atoms with van der Waals surface area (Å²) >= 11 is 1.42. The monoisotopic (exact) mass is 393 g/mol. The third-order valence-corrected chi connectivity index (χ3v) is 5.43. The van der Waals surface area contributed by atoms with Crippen LogP contribution in [0.5, 0.6) is 0 Å². The molecule has 0 aliphatic carbocycles. The molecule has 0 aliphatic rings. The van der Waals surface area contributed by atoms with Crippen LogP contribution in [0.2, 0.25) is 0 Å². The van der Waals surface area contributed by atoms with E-state index in [1.165, 1.54) is 16.9 Å². The van der Waals surface area contributed by atoms with Crippen LogP contribution in [0.25, 0.3) is 10.6 Å². The number of aryl methyl sites for hydroxylation is 1. The van der Waals surface area contributed by atoms with Gasteiger partial charge in [-0.3, -0.25) is 9.59 Å². The molecule has 144 valence electrons. The number of amides is 2. The van der Waals surface area contributed by atoms with Gasteiger partial charge in [-0.25, -0.2) is 4.98 Å². The number of anilines is 1. The molecule has 0 unspecified atom stereocenters. The number of hydrogen-bond donors (Lipinski definition) is 2. The lowest BCUT2D eigenvalue weighted by atomic mass is 10.0. The summed E-state index contributed by atoms with van der Waals surface area (Å²) in [5.74, 6) is -0.106. The Hall–Kier alpha value is -2.99. The molecule has 28 heavy (non-hydrogen) atoms. The largest absolute Gasteiger partial charge is 0.355 e. The summed E-state index contributed by atoms with van der Waals surface area (Å²) in [6, 6.07) is 13.6. The fourth-order valence-corrected chi connectivity index (χ4v) is 3.71. The molecular weight excluding hydrogens is 370 g/mol. The van der Waals surface area contributed by atoms with Crippen LogP contribution in [-0.4, -0.2) is 23.8 Å². The zero-order chi connectivity index (χ0) is 20.3. The van der Waals surface area contributed by atoms with Gasteiger partial charge in [-0.15, -0.1) is 11.3 Å². The van der Waals surface area contributed by atoms with Crippen molar-refractivity contribution in [3.63, 3.8) is 0 Å². The number of thiazole rings is 1. The first-order valence-electron chi connectivity index (χ1n) is 9.09. The number of carbonyl (C=O) groups is 2. The minimum absolute atomic E-state index is 0.238. The van der Waals surface area contributed by atoms with Gasteiger partial charge in [0.15, 0.2) is 0 Å². The second-order valence-corrected chi connectivity index (χ2v) is 7.70. The highest BCUT2D eigenvalue weighted by molar-refractivity contribution is 7.13. The first kappa shape index (κ1) is 19.8. The highest BCUT2D eigenvalue weighted by atomic mass is 32.1. The maximum Gasteiger partial charge on any atom is 0.275 e. The smallest absolute Gasteiger partial charge is 0.275 e. The second-order valence-electron chi connectivity index (χ2n) is 6.85. The molecule has 0 fully saturated rings. The molecule has 2 N–H and O–H groups in total. The number of nitrogens with one attached hydrogen (secondary N) is 2. The van der Waals surface area contributed by atoms with Crippen molar-refractivity contribution in [1.82, 2.24) is 10.3 Å². The van der Waals surface area contributed by atoms with Crippen molar-refractivity contribution in [3.05, 3.63) is 70.2 Å². The molecule has 0 radical (unpaired) electrons. The van der Waals surface area contributed by atoms with Gasteiger partial charge in [0.05, 0.1) is 11.3 Å². The van der Waals surface area contributed by atoms with E-state index in [0.717, 1.165) is 16.1 Å². The second kappa shape index (κ2) is 8.35. The van der Waals surface area contributed by atoms with Crippen molar-refractivity contribution in [1.29, 1.82) is 0 Å². The topological polar surface area (TPSA) is 71.1 Å². The zero-order valence-corrected chi connectivity index (χ0v) is 17.2. The van der Waals surface area contributed by atoms with E-state index in [4.69, 9.17) is 0 Å². The predicted molar refractivity (Wildman–Crippen MR) is 114 cm³/mol. The van der Waals surface area contributed by atoms with E-state index in [1.807, 2.05) is 25.1 Å². The summed E-state index contributed by atoms with van der Waals surface area (Å²) in [4.78, 5) is 29.3. The molecule has 3 aromatic rings. The molecule has 0 spiro atoms. The van der Waals surface area contributed by atoms with Crippen LogP contribution in [0.15, 0.2) is 47.8 Å². The first-order chi connectivity index (χ1) is 13.4. The average molecular weight is 394 g/mol. The van der Waals surface area contributed by atoms with Crippen molar-refractivity contribution in [2.45, 2.75) is 26.7 Å². The van der Waals surface area contributed by atoms with Crippen molar-refractivity contribution >= 4 is 28.8 Å². The van der Waals surface area contributed by atoms with Gasteiger partial charge in [0.1, 0.15) is 10.7 Å².